The SMILES string of the molecule is Cc1nn(C2CCCCO2)c(C)c1C(=O)Nc1cccc(C2CCCC(=O)N2)c1. The van der Waals surface area contributed by atoms with E-state index in [2.05, 4.69) is 15.7 Å². The lowest BCUT2D eigenvalue weighted by atomic mass is 9.97. The molecule has 2 aliphatic heterocycles. The number of aromatic nitrogens is 2. The van der Waals surface area contributed by atoms with Gasteiger partial charge in [0.15, 0.2) is 0 Å². The number of carbonyl (C=O) groups excluding carboxylic acids is 2. The van der Waals surface area contributed by atoms with Crippen molar-refractivity contribution in [3.05, 3.63) is 46.8 Å². The van der Waals surface area contributed by atoms with Gasteiger partial charge in [-0.1, -0.05) is 12.1 Å². The van der Waals surface area contributed by atoms with Crippen molar-refractivity contribution in [2.24, 2.45) is 0 Å². The Balaban J connectivity index is 1.52. The van der Waals surface area contributed by atoms with Gasteiger partial charge >= 0.3 is 0 Å². The smallest absolute Gasteiger partial charge is 0.259 e. The van der Waals surface area contributed by atoms with E-state index in [1.165, 1.54) is 0 Å². The maximum atomic E-state index is 13.0. The molecule has 1 aromatic heterocycles. The van der Waals surface area contributed by atoms with Gasteiger partial charge in [0.1, 0.15) is 6.23 Å². The first kappa shape index (κ1) is 19.6. The third kappa shape index (κ3) is 4.19. The largest absolute Gasteiger partial charge is 0.357 e. The number of hydrogen-bond acceptors (Lipinski definition) is 4. The monoisotopic (exact) mass is 396 g/mol. The molecule has 7 heteroatoms. The first-order valence-electron chi connectivity index (χ1n) is 10.4. The second-order valence-corrected chi connectivity index (χ2v) is 7.90. The van der Waals surface area contributed by atoms with E-state index in [1.807, 2.05) is 42.8 Å². The minimum absolute atomic E-state index is 0.00257. The second kappa shape index (κ2) is 8.37. The van der Waals surface area contributed by atoms with Crippen molar-refractivity contribution in [1.29, 1.82) is 0 Å². The lowest BCUT2D eigenvalue weighted by Crippen LogP contribution is -2.32. The fourth-order valence-corrected chi connectivity index (χ4v) is 4.27. The average Bonchev–Trinajstić information content (AvgIpc) is 3.03. The molecule has 2 atom stereocenters. The summed E-state index contributed by atoms with van der Waals surface area (Å²) in [6.07, 6.45) is 5.37. The van der Waals surface area contributed by atoms with Gasteiger partial charge in [-0.3, -0.25) is 9.59 Å². The molecular weight excluding hydrogens is 368 g/mol. The van der Waals surface area contributed by atoms with Crippen LogP contribution in [0.4, 0.5) is 5.69 Å². The van der Waals surface area contributed by atoms with Crippen molar-refractivity contribution in [3.63, 3.8) is 0 Å². The molecule has 154 valence electrons. The molecule has 2 fully saturated rings. The van der Waals surface area contributed by atoms with Crippen LogP contribution in [0.3, 0.4) is 0 Å². The Hall–Kier alpha value is -2.67. The van der Waals surface area contributed by atoms with Crippen LogP contribution in [0, 0.1) is 13.8 Å². The molecule has 0 saturated carbocycles. The normalized spacial score (nSPS) is 22.2. The summed E-state index contributed by atoms with van der Waals surface area (Å²) in [5, 5.41) is 10.6. The number of carbonyl (C=O) groups is 2. The number of rotatable bonds is 4. The molecule has 0 radical (unpaired) electrons. The Morgan fingerprint density at radius 2 is 2.10 bits per heavy atom. The van der Waals surface area contributed by atoms with Crippen molar-refractivity contribution in [2.45, 2.75) is 64.6 Å². The number of nitrogens with one attached hydrogen (secondary N) is 2. The molecule has 2 unspecified atom stereocenters. The first-order chi connectivity index (χ1) is 14.0. The van der Waals surface area contributed by atoms with Gasteiger partial charge in [-0.05, 0) is 63.6 Å². The highest BCUT2D eigenvalue weighted by Crippen LogP contribution is 2.28. The van der Waals surface area contributed by atoms with Gasteiger partial charge in [-0.25, -0.2) is 4.68 Å². The van der Waals surface area contributed by atoms with Crippen LogP contribution in [0.5, 0.6) is 0 Å². The van der Waals surface area contributed by atoms with Crippen LogP contribution < -0.4 is 10.6 Å². The summed E-state index contributed by atoms with van der Waals surface area (Å²) in [5.41, 5.74) is 3.84. The van der Waals surface area contributed by atoms with Gasteiger partial charge in [0.25, 0.3) is 5.91 Å². The zero-order chi connectivity index (χ0) is 20.4. The molecule has 4 rings (SSSR count). The lowest BCUT2D eigenvalue weighted by molar-refractivity contribution is -0.123. The molecule has 2 aliphatic rings. The molecule has 3 heterocycles. The van der Waals surface area contributed by atoms with Crippen LogP contribution in [0.2, 0.25) is 0 Å². The molecule has 29 heavy (non-hydrogen) atoms. The quantitative estimate of drug-likeness (QED) is 0.823. The molecular formula is C22H28N4O3. The predicted octanol–water partition coefficient (Wildman–Crippen LogP) is 3.79. The van der Waals surface area contributed by atoms with Crippen LogP contribution in [-0.4, -0.2) is 28.2 Å². The van der Waals surface area contributed by atoms with Crippen LogP contribution in [0.15, 0.2) is 24.3 Å². The highest BCUT2D eigenvalue weighted by atomic mass is 16.5. The number of aryl methyl sites for hydroxylation is 1. The summed E-state index contributed by atoms with van der Waals surface area (Å²) in [6, 6.07) is 7.70. The van der Waals surface area contributed by atoms with E-state index in [4.69, 9.17) is 4.74 Å². The van der Waals surface area contributed by atoms with Crippen LogP contribution in [0.25, 0.3) is 0 Å². The van der Waals surface area contributed by atoms with Crippen molar-refractivity contribution >= 4 is 17.5 Å². The molecule has 2 amide bonds. The van der Waals surface area contributed by atoms with Crippen molar-refractivity contribution in [1.82, 2.24) is 15.1 Å². The minimum Gasteiger partial charge on any atom is -0.357 e. The van der Waals surface area contributed by atoms with E-state index in [9.17, 15) is 9.59 Å². The summed E-state index contributed by atoms with van der Waals surface area (Å²) in [6.45, 7) is 4.51. The molecule has 2 aromatic rings. The highest BCUT2D eigenvalue weighted by Gasteiger charge is 2.25. The molecule has 7 nitrogen and oxygen atoms in total. The van der Waals surface area contributed by atoms with Gasteiger partial charge in [0.2, 0.25) is 5.91 Å². The Morgan fingerprint density at radius 3 is 2.86 bits per heavy atom. The van der Waals surface area contributed by atoms with Gasteiger partial charge < -0.3 is 15.4 Å². The molecule has 2 N–H and O–H groups in total. The van der Waals surface area contributed by atoms with Crippen LogP contribution in [0.1, 0.15) is 78.1 Å². The van der Waals surface area contributed by atoms with E-state index in [0.29, 0.717) is 23.4 Å². The summed E-state index contributed by atoms with van der Waals surface area (Å²) >= 11 is 0. The average molecular weight is 396 g/mol. The zero-order valence-electron chi connectivity index (χ0n) is 17.0. The van der Waals surface area contributed by atoms with Crippen molar-refractivity contribution in [2.75, 3.05) is 11.9 Å². The standard InChI is InChI=1S/C22H28N4O3/c1-14-21(15(2)26(25-14)20-11-3-4-12-29-20)22(28)23-17-8-5-7-16(13-17)18-9-6-10-19(27)24-18/h5,7-8,13,18,20H,3-4,6,9-12H2,1-2H3,(H,23,28)(H,24,27). The number of piperidine rings is 1. The predicted molar refractivity (Wildman–Crippen MR) is 110 cm³/mol. The Kier molecular flexibility index (Phi) is 5.67. The van der Waals surface area contributed by atoms with Crippen LogP contribution >= 0.6 is 0 Å². The van der Waals surface area contributed by atoms with Gasteiger partial charge in [-0.15, -0.1) is 0 Å². The summed E-state index contributed by atoms with van der Waals surface area (Å²) < 4.78 is 7.68. The molecule has 0 spiro atoms. The number of anilines is 1. The molecule has 2 saturated heterocycles. The topological polar surface area (TPSA) is 85.2 Å². The molecule has 0 bridgehead atoms. The lowest BCUT2D eigenvalue weighted by Gasteiger charge is -2.24. The fraction of sp³-hybridized carbons (Fsp3) is 0.500. The third-order valence-corrected chi connectivity index (χ3v) is 5.76. The maximum Gasteiger partial charge on any atom is 0.259 e. The second-order valence-electron chi connectivity index (χ2n) is 7.90. The number of nitrogens with zero attached hydrogens (tertiary/aromatic N) is 2. The van der Waals surface area contributed by atoms with Crippen molar-refractivity contribution < 1.29 is 14.3 Å². The number of hydrogen-bond donors (Lipinski definition) is 2. The van der Waals surface area contributed by atoms with E-state index < -0.39 is 0 Å². The van der Waals surface area contributed by atoms with Crippen molar-refractivity contribution in [3.8, 4) is 0 Å². The Morgan fingerprint density at radius 1 is 1.24 bits per heavy atom. The van der Waals surface area contributed by atoms with Gasteiger partial charge in [0.05, 0.1) is 23.0 Å². The number of amides is 2. The zero-order valence-corrected chi connectivity index (χ0v) is 17.0. The summed E-state index contributed by atoms with van der Waals surface area (Å²) in [7, 11) is 0. The van der Waals surface area contributed by atoms with E-state index >= 15 is 0 Å². The summed E-state index contributed by atoms with van der Waals surface area (Å²) in [5.74, 6) is -0.0915. The number of benzene rings is 1. The number of ether oxygens (including phenoxy) is 1. The van der Waals surface area contributed by atoms with E-state index in [0.717, 1.165) is 50.0 Å². The first-order valence-corrected chi connectivity index (χ1v) is 10.4. The van der Waals surface area contributed by atoms with E-state index in [-0.39, 0.29) is 24.1 Å². The minimum atomic E-state index is -0.174. The Labute approximate surface area is 170 Å². The molecule has 0 aliphatic carbocycles. The molecule has 1 aromatic carbocycles. The highest BCUT2D eigenvalue weighted by molar-refractivity contribution is 6.05. The van der Waals surface area contributed by atoms with Gasteiger partial charge in [0, 0.05) is 18.7 Å². The van der Waals surface area contributed by atoms with Gasteiger partial charge in [-0.2, -0.15) is 5.10 Å². The fourth-order valence-electron chi connectivity index (χ4n) is 4.27. The third-order valence-electron chi connectivity index (χ3n) is 5.76. The maximum absolute atomic E-state index is 13.0. The van der Waals surface area contributed by atoms with E-state index in [1.54, 1.807) is 0 Å². The van der Waals surface area contributed by atoms with Crippen LogP contribution in [-0.2, 0) is 9.53 Å². The summed E-state index contributed by atoms with van der Waals surface area (Å²) in [4.78, 5) is 24.7. The Bertz CT molecular complexity index is 915.